The Hall–Kier alpha value is -1.68. The van der Waals surface area contributed by atoms with E-state index in [4.69, 9.17) is 11.6 Å². The molecule has 0 N–H and O–H groups in total. The van der Waals surface area contributed by atoms with Crippen LogP contribution in [0.5, 0.6) is 0 Å². The Bertz CT molecular complexity index is 510. The van der Waals surface area contributed by atoms with Crippen LogP contribution in [-0.2, 0) is 9.59 Å². The van der Waals surface area contributed by atoms with Gasteiger partial charge in [-0.15, -0.1) is 0 Å². The lowest BCUT2D eigenvalue weighted by molar-refractivity contribution is -0.119. The molecule has 1 aromatic rings. The number of amides is 1. The van der Waals surface area contributed by atoms with E-state index in [1.165, 1.54) is 6.92 Å². The van der Waals surface area contributed by atoms with Gasteiger partial charge in [-0.1, -0.05) is 17.7 Å². The van der Waals surface area contributed by atoms with Crippen molar-refractivity contribution in [1.29, 1.82) is 0 Å². The van der Waals surface area contributed by atoms with Crippen LogP contribution < -0.4 is 4.90 Å². The second kappa shape index (κ2) is 3.72. The number of fused-ring (bicyclic) bond motifs is 1. The number of hydrogen-bond donors (Lipinski definition) is 0. The summed E-state index contributed by atoms with van der Waals surface area (Å²) < 4.78 is 0. The summed E-state index contributed by atoms with van der Waals surface area (Å²) >= 11 is 5.85. The Morgan fingerprint density at radius 2 is 2.06 bits per heavy atom. The number of rotatable bonds is 2. The lowest BCUT2D eigenvalue weighted by Crippen LogP contribution is -2.33. The average Bonchev–Trinajstić information content (AvgIpc) is 2.44. The minimum Gasteiger partial charge on any atom is -0.298 e. The monoisotopic (exact) mass is 237 g/mol. The normalized spacial score (nSPS) is 14.2. The van der Waals surface area contributed by atoms with Gasteiger partial charge >= 0.3 is 0 Å². The molecule has 4 nitrogen and oxygen atoms in total. The molecule has 16 heavy (non-hydrogen) atoms. The molecule has 1 aliphatic rings. The zero-order valence-electron chi connectivity index (χ0n) is 8.49. The number of carbonyl (C=O) groups excluding carboxylic acids is 3. The summed E-state index contributed by atoms with van der Waals surface area (Å²) in [5.74, 6) is -1.53. The van der Waals surface area contributed by atoms with E-state index in [0.717, 1.165) is 4.90 Å². The van der Waals surface area contributed by atoms with Crippen molar-refractivity contribution < 1.29 is 14.4 Å². The lowest BCUT2D eigenvalue weighted by atomic mass is 10.1. The van der Waals surface area contributed by atoms with E-state index in [0.29, 0.717) is 5.69 Å². The molecule has 2 rings (SSSR count). The van der Waals surface area contributed by atoms with Crippen LogP contribution in [0, 0.1) is 0 Å². The van der Waals surface area contributed by atoms with Gasteiger partial charge in [0.1, 0.15) is 5.78 Å². The molecule has 82 valence electrons. The molecule has 0 atom stereocenters. The number of carbonyl (C=O) groups is 3. The van der Waals surface area contributed by atoms with Crippen LogP contribution >= 0.6 is 11.6 Å². The fraction of sp³-hybridized carbons (Fsp3) is 0.182. The second-order valence-corrected chi connectivity index (χ2v) is 3.96. The summed E-state index contributed by atoms with van der Waals surface area (Å²) in [7, 11) is 0. The van der Waals surface area contributed by atoms with Crippen molar-refractivity contribution in [1.82, 2.24) is 0 Å². The third-order valence-corrected chi connectivity index (χ3v) is 2.64. The van der Waals surface area contributed by atoms with Crippen molar-refractivity contribution in [3.63, 3.8) is 0 Å². The van der Waals surface area contributed by atoms with Gasteiger partial charge in [-0.25, -0.2) is 0 Å². The molecule has 5 heteroatoms. The maximum Gasteiger partial charge on any atom is 0.299 e. The average molecular weight is 238 g/mol. The molecule has 0 aliphatic carbocycles. The van der Waals surface area contributed by atoms with Gasteiger partial charge in [0, 0.05) is 0 Å². The highest BCUT2D eigenvalue weighted by Gasteiger charge is 2.37. The molecule has 0 bridgehead atoms. The molecule has 0 saturated heterocycles. The zero-order chi connectivity index (χ0) is 11.9. The first-order valence-corrected chi connectivity index (χ1v) is 5.04. The topological polar surface area (TPSA) is 54.5 Å². The fourth-order valence-corrected chi connectivity index (χ4v) is 1.94. The zero-order valence-corrected chi connectivity index (χ0v) is 9.25. The number of halogens is 1. The van der Waals surface area contributed by atoms with Crippen LogP contribution in [0.3, 0.4) is 0 Å². The summed E-state index contributed by atoms with van der Waals surface area (Å²) in [6.07, 6.45) is 0. The van der Waals surface area contributed by atoms with Gasteiger partial charge < -0.3 is 0 Å². The molecule has 0 unspecified atom stereocenters. The highest BCUT2D eigenvalue weighted by atomic mass is 35.5. The first-order chi connectivity index (χ1) is 7.52. The fourth-order valence-electron chi connectivity index (χ4n) is 1.68. The van der Waals surface area contributed by atoms with Crippen LogP contribution in [0.15, 0.2) is 18.2 Å². The van der Waals surface area contributed by atoms with Gasteiger partial charge in [-0.3, -0.25) is 19.3 Å². The molecule has 1 aromatic carbocycles. The molecule has 1 amide bonds. The van der Waals surface area contributed by atoms with Crippen molar-refractivity contribution in [2.75, 3.05) is 11.4 Å². The Labute approximate surface area is 96.8 Å². The van der Waals surface area contributed by atoms with E-state index >= 15 is 0 Å². The Morgan fingerprint density at radius 1 is 1.38 bits per heavy atom. The van der Waals surface area contributed by atoms with Gasteiger partial charge in [0.05, 0.1) is 22.8 Å². The molecule has 0 spiro atoms. The minimum atomic E-state index is -0.696. The molecule has 0 aromatic heterocycles. The summed E-state index contributed by atoms with van der Waals surface area (Å²) in [6, 6.07) is 4.79. The van der Waals surface area contributed by atoms with Gasteiger partial charge in [-0.05, 0) is 19.1 Å². The smallest absolute Gasteiger partial charge is 0.298 e. The van der Waals surface area contributed by atoms with Crippen molar-refractivity contribution in [3.05, 3.63) is 28.8 Å². The standard InChI is InChI=1S/C11H8ClNO3/c1-6(14)5-13-8-4-2-3-7(12)9(8)10(15)11(13)16/h2-4H,5H2,1H3. The summed E-state index contributed by atoms with van der Waals surface area (Å²) in [6.45, 7) is 1.26. The molecule has 0 radical (unpaired) electrons. The number of hydrogen-bond acceptors (Lipinski definition) is 3. The van der Waals surface area contributed by atoms with E-state index in [2.05, 4.69) is 0 Å². The van der Waals surface area contributed by atoms with E-state index in [9.17, 15) is 14.4 Å². The van der Waals surface area contributed by atoms with E-state index in [1.807, 2.05) is 0 Å². The molecule has 0 fully saturated rings. The number of benzene rings is 1. The molecular weight excluding hydrogens is 230 g/mol. The highest BCUT2D eigenvalue weighted by molar-refractivity contribution is 6.55. The maximum absolute atomic E-state index is 11.6. The van der Waals surface area contributed by atoms with Crippen molar-refractivity contribution in [2.24, 2.45) is 0 Å². The Kier molecular flexibility index (Phi) is 2.52. The quantitative estimate of drug-likeness (QED) is 0.732. The van der Waals surface area contributed by atoms with E-state index in [1.54, 1.807) is 18.2 Å². The predicted molar refractivity (Wildman–Crippen MR) is 58.8 cm³/mol. The SMILES string of the molecule is CC(=O)CN1C(=O)C(=O)c2c(Cl)cccc21. The largest absolute Gasteiger partial charge is 0.299 e. The first kappa shape index (κ1) is 10.8. The Balaban J connectivity index is 2.54. The first-order valence-electron chi connectivity index (χ1n) is 4.66. The van der Waals surface area contributed by atoms with Crippen LogP contribution in [0.2, 0.25) is 5.02 Å². The van der Waals surface area contributed by atoms with Gasteiger partial charge in [0.2, 0.25) is 0 Å². The molecular formula is C11H8ClNO3. The number of nitrogens with zero attached hydrogens (tertiary/aromatic N) is 1. The number of Topliss-reactive ketones (excluding diaryl/α,β-unsaturated/α-hetero) is 2. The van der Waals surface area contributed by atoms with Crippen LogP contribution in [-0.4, -0.2) is 24.0 Å². The third kappa shape index (κ3) is 1.51. The summed E-state index contributed by atoms with van der Waals surface area (Å²) in [5.41, 5.74) is 0.605. The predicted octanol–water partition coefficient (Wildman–Crippen LogP) is 1.46. The third-order valence-electron chi connectivity index (χ3n) is 2.33. The van der Waals surface area contributed by atoms with Gasteiger partial charge in [-0.2, -0.15) is 0 Å². The molecule has 1 aliphatic heterocycles. The highest BCUT2D eigenvalue weighted by Crippen LogP contribution is 2.33. The van der Waals surface area contributed by atoms with Crippen LogP contribution in [0.1, 0.15) is 17.3 Å². The van der Waals surface area contributed by atoms with Gasteiger partial charge in [0.25, 0.3) is 11.7 Å². The summed E-state index contributed by atoms with van der Waals surface area (Å²) in [5, 5.41) is 0.238. The van der Waals surface area contributed by atoms with Crippen LogP contribution in [0.25, 0.3) is 0 Å². The molecule has 1 heterocycles. The van der Waals surface area contributed by atoms with Crippen molar-refractivity contribution >= 4 is 34.8 Å². The molecule has 0 saturated carbocycles. The van der Waals surface area contributed by atoms with Crippen LogP contribution in [0.4, 0.5) is 5.69 Å². The van der Waals surface area contributed by atoms with E-state index in [-0.39, 0.29) is 22.9 Å². The van der Waals surface area contributed by atoms with Crippen molar-refractivity contribution in [2.45, 2.75) is 6.92 Å². The van der Waals surface area contributed by atoms with E-state index < -0.39 is 11.7 Å². The lowest BCUT2D eigenvalue weighted by Gasteiger charge is -2.13. The van der Waals surface area contributed by atoms with Crippen molar-refractivity contribution in [3.8, 4) is 0 Å². The number of anilines is 1. The summed E-state index contributed by atoms with van der Waals surface area (Å²) in [4.78, 5) is 35.4. The minimum absolute atomic E-state index is 0.0993. The Morgan fingerprint density at radius 3 is 2.69 bits per heavy atom. The maximum atomic E-state index is 11.6. The number of ketones is 2. The van der Waals surface area contributed by atoms with Gasteiger partial charge in [0.15, 0.2) is 0 Å². The second-order valence-electron chi connectivity index (χ2n) is 3.56.